The van der Waals surface area contributed by atoms with Crippen LogP contribution in [0.15, 0.2) is 0 Å². The van der Waals surface area contributed by atoms with Gasteiger partial charge in [-0.15, -0.1) is 0 Å². The van der Waals surface area contributed by atoms with Gasteiger partial charge in [-0.1, -0.05) is 0 Å². The minimum atomic E-state index is -0.993. The molecule has 1 aliphatic rings. The van der Waals surface area contributed by atoms with Crippen LogP contribution >= 0.6 is 0 Å². The molecule has 2 unspecified atom stereocenters. The molecule has 4 nitrogen and oxygen atoms in total. The lowest BCUT2D eigenvalue weighted by Crippen LogP contribution is -2.53. The van der Waals surface area contributed by atoms with Gasteiger partial charge in [0.25, 0.3) is 0 Å². The van der Waals surface area contributed by atoms with Crippen molar-refractivity contribution in [3.05, 3.63) is 0 Å². The first-order chi connectivity index (χ1) is 5.47. The molecule has 0 amide bonds. The molecule has 2 atom stereocenters. The summed E-state index contributed by atoms with van der Waals surface area (Å²) in [5.74, 6) is -0.915. The molecule has 0 aromatic heterocycles. The van der Waals surface area contributed by atoms with Gasteiger partial charge in [0, 0.05) is 13.1 Å². The molecule has 0 aromatic carbocycles. The van der Waals surface area contributed by atoms with E-state index in [9.17, 15) is 9.90 Å². The number of carboxylic acids is 1. The van der Waals surface area contributed by atoms with Crippen LogP contribution in [0.5, 0.6) is 0 Å². The van der Waals surface area contributed by atoms with Crippen molar-refractivity contribution in [3.8, 4) is 0 Å². The first kappa shape index (κ1) is 9.48. The number of hydrogen-bond acceptors (Lipinski definition) is 3. The van der Waals surface area contributed by atoms with Gasteiger partial charge >= 0.3 is 5.97 Å². The summed E-state index contributed by atoms with van der Waals surface area (Å²) in [6.45, 7) is 2.78. The number of aliphatic hydroxyl groups is 1. The Labute approximate surface area is 71.8 Å². The summed E-state index contributed by atoms with van der Waals surface area (Å²) >= 11 is 0. The predicted molar refractivity (Wildman–Crippen MR) is 43.9 cm³/mol. The van der Waals surface area contributed by atoms with Crippen molar-refractivity contribution in [1.29, 1.82) is 0 Å². The van der Waals surface area contributed by atoms with Crippen molar-refractivity contribution < 1.29 is 15.0 Å². The molecule has 0 saturated carbocycles. The standard InChI is InChI=1S/C8H15NO3/c1-8(7(11)12)5-9(2)4-3-6(8)10/h6,10H,3-5H2,1-2H3,(H,11,12). The summed E-state index contributed by atoms with van der Waals surface area (Å²) in [5.41, 5.74) is -0.993. The number of carbonyl (C=O) groups is 1. The third kappa shape index (κ3) is 1.44. The Bertz CT molecular complexity index is 195. The van der Waals surface area contributed by atoms with Crippen molar-refractivity contribution in [1.82, 2.24) is 4.90 Å². The lowest BCUT2D eigenvalue weighted by molar-refractivity contribution is -0.160. The van der Waals surface area contributed by atoms with E-state index in [1.54, 1.807) is 6.92 Å². The number of aliphatic hydroxyl groups excluding tert-OH is 1. The van der Waals surface area contributed by atoms with E-state index in [0.717, 1.165) is 6.54 Å². The zero-order valence-corrected chi connectivity index (χ0v) is 7.45. The molecule has 1 rings (SSSR count). The number of nitrogens with zero attached hydrogens (tertiary/aromatic N) is 1. The van der Waals surface area contributed by atoms with Crippen LogP contribution in [0.4, 0.5) is 0 Å². The molecule has 0 bridgehead atoms. The maximum Gasteiger partial charge on any atom is 0.313 e. The smallest absolute Gasteiger partial charge is 0.313 e. The molecule has 2 N–H and O–H groups in total. The Morgan fingerprint density at radius 1 is 1.67 bits per heavy atom. The fourth-order valence-electron chi connectivity index (χ4n) is 1.62. The summed E-state index contributed by atoms with van der Waals surface area (Å²) in [6.07, 6.45) is -0.176. The molecule has 0 spiro atoms. The largest absolute Gasteiger partial charge is 0.481 e. The van der Waals surface area contributed by atoms with Gasteiger partial charge in [-0.3, -0.25) is 4.79 Å². The van der Waals surface area contributed by atoms with Crippen LogP contribution in [0.25, 0.3) is 0 Å². The van der Waals surface area contributed by atoms with Crippen molar-refractivity contribution in [2.75, 3.05) is 20.1 Å². The van der Waals surface area contributed by atoms with E-state index in [2.05, 4.69) is 0 Å². The molecule has 12 heavy (non-hydrogen) atoms. The van der Waals surface area contributed by atoms with E-state index < -0.39 is 17.5 Å². The maximum absolute atomic E-state index is 10.8. The first-order valence-corrected chi connectivity index (χ1v) is 4.07. The number of carboxylic acid groups (broad SMARTS) is 1. The van der Waals surface area contributed by atoms with E-state index in [-0.39, 0.29) is 0 Å². The van der Waals surface area contributed by atoms with Crippen molar-refractivity contribution in [3.63, 3.8) is 0 Å². The molecule has 0 radical (unpaired) electrons. The summed E-state index contributed by atoms with van der Waals surface area (Å²) in [7, 11) is 1.87. The third-order valence-corrected chi connectivity index (χ3v) is 2.61. The number of aliphatic carboxylic acids is 1. The zero-order chi connectivity index (χ0) is 9.35. The molecule has 1 heterocycles. The second-order valence-corrected chi connectivity index (χ2v) is 3.76. The zero-order valence-electron chi connectivity index (χ0n) is 7.45. The number of hydrogen-bond donors (Lipinski definition) is 2. The minimum absolute atomic E-state index is 0.420. The Morgan fingerprint density at radius 3 is 2.67 bits per heavy atom. The Morgan fingerprint density at radius 2 is 2.25 bits per heavy atom. The number of likely N-dealkylation sites (tertiary alicyclic amines) is 1. The van der Waals surface area contributed by atoms with E-state index in [1.165, 1.54) is 0 Å². The second kappa shape index (κ2) is 3.03. The third-order valence-electron chi connectivity index (χ3n) is 2.61. The van der Waals surface area contributed by atoms with E-state index >= 15 is 0 Å². The summed E-state index contributed by atoms with van der Waals surface area (Å²) in [5, 5.41) is 18.4. The quantitative estimate of drug-likeness (QED) is 0.575. The fourth-order valence-corrected chi connectivity index (χ4v) is 1.62. The normalized spacial score (nSPS) is 38.1. The molecular weight excluding hydrogens is 158 g/mol. The van der Waals surface area contributed by atoms with Crippen LogP contribution in [0, 0.1) is 5.41 Å². The molecule has 1 fully saturated rings. The Balaban J connectivity index is 2.77. The van der Waals surface area contributed by atoms with Gasteiger partial charge in [-0.2, -0.15) is 0 Å². The van der Waals surface area contributed by atoms with Gasteiger partial charge in [0.2, 0.25) is 0 Å². The van der Waals surface area contributed by atoms with Crippen molar-refractivity contribution in [2.24, 2.45) is 5.41 Å². The van der Waals surface area contributed by atoms with Crippen LogP contribution in [0.2, 0.25) is 0 Å². The van der Waals surface area contributed by atoms with Gasteiger partial charge in [0.15, 0.2) is 0 Å². The number of piperidine rings is 1. The molecule has 4 heteroatoms. The first-order valence-electron chi connectivity index (χ1n) is 4.07. The van der Waals surface area contributed by atoms with Gasteiger partial charge in [0.05, 0.1) is 6.10 Å². The lowest BCUT2D eigenvalue weighted by Gasteiger charge is -2.39. The highest BCUT2D eigenvalue weighted by Crippen LogP contribution is 2.29. The van der Waals surface area contributed by atoms with E-state index in [1.807, 2.05) is 11.9 Å². The van der Waals surface area contributed by atoms with E-state index in [0.29, 0.717) is 13.0 Å². The average molecular weight is 173 g/mol. The summed E-state index contributed by atoms with van der Waals surface area (Å²) in [6, 6.07) is 0. The lowest BCUT2D eigenvalue weighted by atomic mass is 9.79. The monoisotopic (exact) mass is 173 g/mol. The van der Waals surface area contributed by atoms with Crippen LogP contribution in [-0.4, -0.2) is 47.3 Å². The Kier molecular flexibility index (Phi) is 2.39. The van der Waals surface area contributed by atoms with Crippen molar-refractivity contribution in [2.45, 2.75) is 19.4 Å². The molecule has 1 saturated heterocycles. The van der Waals surface area contributed by atoms with Gasteiger partial charge in [0.1, 0.15) is 5.41 Å². The molecule has 0 aromatic rings. The van der Waals surface area contributed by atoms with E-state index in [4.69, 9.17) is 5.11 Å². The summed E-state index contributed by atoms with van der Waals surface area (Å²) < 4.78 is 0. The topological polar surface area (TPSA) is 60.8 Å². The maximum atomic E-state index is 10.8. The van der Waals surface area contributed by atoms with Crippen LogP contribution in [0.3, 0.4) is 0 Å². The SMILES string of the molecule is CN1CCC(O)C(C)(C(=O)O)C1. The molecular formula is C8H15NO3. The second-order valence-electron chi connectivity index (χ2n) is 3.76. The highest BCUT2D eigenvalue weighted by molar-refractivity contribution is 5.75. The number of rotatable bonds is 1. The molecule has 0 aliphatic carbocycles. The predicted octanol–water partition coefficient (Wildman–Crippen LogP) is -0.226. The Hall–Kier alpha value is -0.610. The average Bonchev–Trinajstić information content (AvgIpc) is 1.97. The van der Waals surface area contributed by atoms with Crippen LogP contribution in [-0.2, 0) is 4.79 Å². The molecule has 70 valence electrons. The van der Waals surface area contributed by atoms with Gasteiger partial charge < -0.3 is 15.1 Å². The van der Waals surface area contributed by atoms with Gasteiger partial charge in [-0.05, 0) is 20.4 Å². The van der Waals surface area contributed by atoms with Crippen molar-refractivity contribution >= 4 is 5.97 Å². The molecule has 1 aliphatic heterocycles. The minimum Gasteiger partial charge on any atom is -0.481 e. The highest BCUT2D eigenvalue weighted by atomic mass is 16.4. The summed E-state index contributed by atoms with van der Waals surface area (Å²) in [4.78, 5) is 12.8. The van der Waals surface area contributed by atoms with Gasteiger partial charge in [-0.25, -0.2) is 0 Å². The highest BCUT2D eigenvalue weighted by Gasteiger charge is 2.44. The van der Waals surface area contributed by atoms with Crippen LogP contribution < -0.4 is 0 Å². The van der Waals surface area contributed by atoms with Crippen LogP contribution in [0.1, 0.15) is 13.3 Å². The fraction of sp³-hybridized carbons (Fsp3) is 0.875.